The SMILES string of the molecule is COc1cccnc1N1CCC(CNC(C)(C)C)CC1. The standard InChI is InChI=1S/C16H27N3O/c1-16(2,3)18-12-13-7-10-19(11-8-13)15-14(20-4)6-5-9-17-15/h5-6,9,13,18H,7-8,10-12H2,1-4H3. The molecule has 0 aliphatic carbocycles. The monoisotopic (exact) mass is 277 g/mol. The van der Waals surface area contributed by atoms with Gasteiger partial charge in [0, 0.05) is 24.8 Å². The van der Waals surface area contributed by atoms with Crippen LogP contribution in [0, 0.1) is 5.92 Å². The third kappa shape index (κ3) is 4.10. The maximum absolute atomic E-state index is 5.40. The minimum atomic E-state index is 0.210. The second-order valence-electron chi connectivity index (χ2n) is 6.59. The van der Waals surface area contributed by atoms with E-state index in [9.17, 15) is 0 Å². The summed E-state index contributed by atoms with van der Waals surface area (Å²) in [6.45, 7) is 9.90. The van der Waals surface area contributed by atoms with Gasteiger partial charge in [0.25, 0.3) is 0 Å². The largest absolute Gasteiger partial charge is 0.493 e. The van der Waals surface area contributed by atoms with Crippen molar-refractivity contribution in [1.82, 2.24) is 10.3 Å². The van der Waals surface area contributed by atoms with Crippen molar-refractivity contribution in [3.63, 3.8) is 0 Å². The van der Waals surface area contributed by atoms with Crippen molar-refractivity contribution in [2.45, 2.75) is 39.2 Å². The molecule has 0 atom stereocenters. The third-order valence-corrected chi connectivity index (χ3v) is 3.81. The van der Waals surface area contributed by atoms with Crippen LogP contribution in [-0.2, 0) is 0 Å². The lowest BCUT2D eigenvalue weighted by Crippen LogP contribution is -2.43. The van der Waals surface area contributed by atoms with Crippen LogP contribution in [0.4, 0.5) is 5.82 Å². The fraction of sp³-hybridized carbons (Fsp3) is 0.688. The Balaban J connectivity index is 1.88. The zero-order valence-electron chi connectivity index (χ0n) is 13.1. The Hall–Kier alpha value is -1.29. The first-order valence-electron chi connectivity index (χ1n) is 7.48. The fourth-order valence-corrected chi connectivity index (χ4v) is 2.58. The molecule has 0 spiro atoms. The molecule has 1 N–H and O–H groups in total. The molecule has 2 rings (SSSR count). The van der Waals surface area contributed by atoms with Crippen molar-refractivity contribution >= 4 is 5.82 Å². The Morgan fingerprint density at radius 2 is 2.05 bits per heavy atom. The van der Waals surface area contributed by atoms with E-state index in [1.165, 1.54) is 12.8 Å². The van der Waals surface area contributed by atoms with Crippen LogP contribution in [-0.4, -0.2) is 37.3 Å². The van der Waals surface area contributed by atoms with E-state index in [0.29, 0.717) is 0 Å². The number of anilines is 1. The Kier molecular flexibility index (Phi) is 4.86. The summed E-state index contributed by atoms with van der Waals surface area (Å²) < 4.78 is 5.40. The van der Waals surface area contributed by atoms with Gasteiger partial charge in [0.05, 0.1) is 7.11 Å². The molecular formula is C16H27N3O. The van der Waals surface area contributed by atoms with Crippen molar-refractivity contribution in [1.29, 1.82) is 0 Å². The molecule has 1 aliphatic rings. The zero-order valence-corrected chi connectivity index (χ0v) is 13.1. The number of pyridine rings is 1. The Labute approximate surface area is 122 Å². The fourth-order valence-electron chi connectivity index (χ4n) is 2.58. The van der Waals surface area contributed by atoms with Crippen LogP contribution < -0.4 is 15.0 Å². The molecule has 0 saturated carbocycles. The first kappa shape index (κ1) is 15.1. The molecular weight excluding hydrogens is 250 g/mol. The summed E-state index contributed by atoms with van der Waals surface area (Å²) in [7, 11) is 1.71. The molecule has 0 bridgehead atoms. The highest BCUT2D eigenvalue weighted by atomic mass is 16.5. The third-order valence-electron chi connectivity index (χ3n) is 3.81. The smallest absolute Gasteiger partial charge is 0.171 e. The van der Waals surface area contributed by atoms with Gasteiger partial charge in [0.2, 0.25) is 0 Å². The maximum Gasteiger partial charge on any atom is 0.171 e. The number of piperidine rings is 1. The molecule has 1 aromatic rings. The summed E-state index contributed by atoms with van der Waals surface area (Å²) in [6.07, 6.45) is 4.26. The highest BCUT2D eigenvalue weighted by Gasteiger charge is 2.23. The van der Waals surface area contributed by atoms with Crippen LogP contribution in [0.2, 0.25) is 0 Å². The highest BCUT2D eigenvalue weighted by molar-refractivity contribution is 5.52. The van der Waals surface area contributed by atoms with Crippen LogP contribution in [0.5, 0.6) is 5.75 Å². The molecule has 1 aliphatic heterocycles. The van der Waals surface area contributed by atoms with Gasteiger partial charge in [-0.05, 0) is 58.2 Å². The molecule has 4 nitrogen and oxygen atoms in total. The number of nitrogens with one attached hydrogen (secondary N) is 1. The van der Waals surface area contributed by atoms with E-state index in [0.717, 1.165) is 37.1 Å². The van der Waals surface area contributed by atoms with E-state index in [-0.39, 0.29) is 5.54 Å². The van der Waals surface area contributed by atoms with Crippen molar-refractivity contribution in [2.24, 2.45) is 5.92 Å². The molecule has 0 aromatic carbocycles. The first-order valence-corrected chi connectivity index (χ1v) is 7.48. The number of ether oxygens (including phenoxy) is 1. The summed E-state index contributed by atoms with van der Waals surface area (Å²) in [5.74, 6) is 2.62. The van der Waals surface area contributed by atoms with E-state index in [1.54, 1.807) is 7.11 Å². The average Bonchev–Trinajstić information content (AvgIpc) is 2.45. The lowest BCUT2D eigenvalue weighted by molar-refractivity contribution is 0.327. The molecule has 1 fully saturated rings. The molecule has 0 amide bonds. The molecule has 4 heteroatoms. The average molecular weight is 277 g/mol. The Morgan fingerprint density at radius 1 is 1.35 bits per heavy atom. The van der Waals surface area contributed by atoms with Gasteiger partial charge in [-0.3, -0.25) is 0 Å². The van der Waals surface area contributed by atoms with E-state index in [4.69, 9.17) is 4.74 Å². The zero-order chi connectivity index (χ0) is 14.6. The predicted molar refractivity (Wildman–Crippen MR) is 83.5 cm³/mol. The predicted octanol–water partition coefficient (Wildman–Crippen LogP) is 2.69. The van der Waals surface area contributed by atoms with Gasteiger partial charge < -0.3 is 15.0 Å². The van der Waals surface area contributed by atoms with Gasteiger partial charge in [0.1, 0.15) is 0 Å². The van der Waals surface area contributed by atoms with Crippen LogP contribution in [0.25, 0.3) is 0 Å². The van der Waals surface area contributed by atoms with Crippen LogP contribution in [0.15, 0.2) is 18.3 Å². The lowest BCUT2D eigenvalue weighted by atomic mass is 9.95. The minimum absolute atomic E-state index is 0.210. The van der Waals surface area contributed by atoms with Crippen molar-refractivity contribution < 1.29 is 4.74 Å². The Bertz CT molecular complexity index is 420. The van der Waals surface area contributed by atoms with E-state index in [2.05, 4.69) is 36.0 Å². The number of aromatic nitrogens is 1. The van der Waals surface area contributed by atoms with Crippen molar-refractivity contribution in [2.75, 3.05) is 31.6 Å². The van der Waals surface area contributed by atoms with Gasteiger partial charge in [-0.2, -0.15) is 0 Å². The molecule has 1 aromatic heterocycles. The molecule has 1 saturated heterocycles. The Morgan fingerprint density at radius 3 is 2.65 bits per heavy atom. The normalized spacial score (nSPS) is 17.3. The molecule has 20 heavy (non-hydrogen) atoms. The number of nitrogens with zero attached hydrogens (tertiary/aromatic N) is 2. The quantitative estimate of drug-likeness (QED) is 0.918. The summed E-state index contributed by atoms with van der Waals surface area (Å²) >= 11 is 0. The number of rotatable bonds is 4. The second-order valence-corrected chi connectivity index (χ2v) is 6.59. The van der Waals surface area contributed by atoms with Crippen LogP contribution in [0.3, 0.4) is 0 Å². The molecule has 0 unspecified atom stereocenters. The summed E-state index contributed by atoms with van der Waals surface area (Å²) in [5, 5.41) is 3.61. The molecule has 2 heterocycles. The van der Waals surface area contributed by atoms with Crippen molar-refractivity contribution in [3.05, 3.63) is 18.3 Å². The van der Waals surface area contributed by atoms with Gasteiger partial charge >= 0.3 is 0 Å². The molecule has 0 radical (unpaired) electrons. The number of hydrogen-bond acceptors (Lipinski definition) is 4. The highest BCUT2D eigenvalue weighted by Crippen LogP contribution is 2.28. The van der Waals surface area contributed by atoms with Crippen LogP contribution in [0.1, 0.15) is 33.6 Å². The van der Waals surface area contributed by atoms with E-state index >= 15 is 0 Å². The second kappa shape index (κ2) is 6.44. The van der Waals surface area contributed by atoms with Crippen LogP contribution >= 0.6 is 0 Å². The first-order chi connectivity index (χ1) is 9.49. The number of hydrogen-bond donors (Lipinski definition) is 1. The van der Waals surface area contributed by atoms with Gasteiger partial charge in [0.15, 0.2) is 11.6 Å². The van der Waals surface area contributed by atoms with E-state index < -0.39 is 0 Å². The summed E-state index contributed by atoms with van der Waals surface area (Å²) in [5.41, 5.74) is 0.210. The minimum Gasteiger partial charge on any atom is -0.493 e. The molecule has 112 valence electrons. The van der Waals surface area contributed by atoms with E-state index in [1.807, 2.05) is 18.3 Å². The maximum atomic E-state index is 5.40. The lowest BCUT2D eigenvalue weighted by Gasteiger charge is -2.34. The van der Waals surface area contributed by atoms with Gasteiger partial charge in [-0.15, -0.1) is 0 Å². The van der Waals surface area contributed by atoms with Crippen molar-refractivity contribution in [3.8, 4) is 5.75 Å². The summed E-state index contributed by atoms with van der Waals surface area (Å²) in [4.78, 5) is 6.81. The van der Waals surface area contributed by atoms with Gasteiger partial charge in [-0.1, -0.05) is 0 Å². The van der Waals surface area contributed by atoms with Gasteiger partial charge in [-0.25, -0.2) is 4.98 Å². The summed E-state index contributed by atoms with van der Waals surface area (Å²) in [6, 6.07) is 3.90. The number of methoxy groups -OCH3 is 1. The topological polar surface area (TPSA) is 37.4 Å².